The lowest BCUT2D eigenvalue weighted by Gasteiger charge is -2.17. The fourth-order valence-electron chi connectivity index (χ4n) is 2.59. The monoisotopic (exact) mass is 318 g/mol. The highest BCUT2D eigenvalue weighted by molar-refractivity contribution is 5.77. The van der Waals surface area contributed by atoms with E-state index in [1.54, 1.807) is 24.1 Å². The van der Waals surface area contributed by atoms with Crippen molar-refractivity contribution >= 4 is 16.9 Å². The number of hydrogen-bond donors (Lipinski definition) is 1. The minimum atomic E-state index is 0.0693. The minimum Gasteiger partial charge on any atom is -0.342 e. The molecule has 24 heavy (non-hydrogen) atoms. The molecule has 0 saturated heterocycles. The first-order valence-electron chi connectivity index (χ1n) is 7.82. The van der Waals surface area contributed by atoms with E-state index in [0.29, 0.717) is 24.9 Å². The highest BCUT2D eigenvalue weighted by Crippen LogP contribution is 2.12. The molecule has 1 amide bonds. The number of benzene rings is 2. The largest absolute Gasteiger partial charge is 0.342 e. The number of carbonyl (C=O) groups excluding carboxylic acids is 1. The Kier molecular flexibility index (Phi) is 4.57. The van der Waals surface area contributed by atoms with Gasteiger partial charge in [-0.15, -0.1) is 0 Å². The van der Waals surface area contributed by atoms with E-state index in [0.717, 1.165) is 22.4 Å². The number of amides is 1. The summed E-state index contributed by atoms with van der Waals surface area (Å²) in [4.78, 5) is 21.7. The molecule has 0 atom stereocenters. The molecule has 0 saturated carbocycles. The summed E-state index contributed by atoms with van der Waals surface area (Å²) in [5, 5.41) is 8.81. The standard InChI is InChI=1S/C19H18N4O/c1-23(13-15-8-6-14(12-20)7-9-15)19(24)11-10-18-21-16-4-2-3-5-17(16)22-18/h2-9H,10-11,13H2,1H3,(H,21,22). The zero-order valence-electron chi connectivity index (χ0n) is 13.5. The van der Waals surface area contributed by atoms with Gasteiger partial charge < -0.3 is 9.88 Å². The van der Waals surface area contributed by atoms with Crippen molar-refractivity contribution in [3.8, 4) is 6.07 Å². The molecule has 120 valence electrons. The van der Waals surface area contributed by atoms with E-state index in [-0.39, 0.29) is 5.91 Å². The number of fused-ring (bicyclic) bond motifs is 1. The van der Waals surface area contributed by atoms with Crippen LogP contribution in [0.25, 0.3) is 11.0 Å². The highest BCUT2D eigenvalue weighted by atomic mass is 16.2. The van der Waals surface area contributed by atoms with Crippen molar-refractivity contribution in [1.82, 2.24) is 14.9 Å². The number of aromatic amines is 1. The van der Waals surface area contributed by atoms with E-state index in [9.17, 15) is 4.79 Å². The molecule has 0 unspecified atom stereocenters. The van der Waals surface area contributed by atoms with E-state index in [2.05, 4.69) is 16.0 Å². The van der Waals surface area contributed by atoms with Crippen LogP contribution >= 0.6 is 0 Å². The molecule has 0 bridgehead atoms. The number of nitriles is 1. The van der Waals surface area contributed by atoms with Gasteiger partial charge in [-0.2, -0.15) is 5.26 Å². The van der Waals surface area contributed by atoms with Crippen molar-refractivity contribution < 1.29 is 4.79 Å². The van der Waals surface area contributed by atoms with Crippen molar-refractivity contribution in [3.63, 3.8) is 0 Å². The topological polar surface area (TPSA) is 72.8 Å². The molecule has 0 fully saturated rings. The number of aromatic nitrogens is 2. The van der Waals surface area contributed by atoms with Gasteiger partial charge >= 0.3 is 0 Å². The van der Waals surface area contributed by atoms with Crippen molar-refractivity contribution in [1.29, 1.82) is 5.26 Å². The second-order valence-corrected chi connectivity index (χ2v) is 5.76. The number of carbonyl (C=O) groups is 1. The lowest BCUT2D eigenvalue weighted by molar-refractivity contribution is -0.130. The van der Waals surface area contributed by atoms with Gasteiger partial charge in [0.15, 0.2) is 0 Å². The molecule has 2 aromatic carbocycles. The molecular formula is C19H18N4O. The number of H-pyrrole nitrogens is 1. The van der Waals surface area contributed by atoms with Gasteiger partial charge in [-0.1, -0.05) is 24.3 Å². The predicted octanol–water partition coefficient (Wildman–Crippen LogP) is 3.03. The molecule has 0 aliphatic heterocycles. The lowest BCUT2D eigenvalue weighted by Crippen LogP contribution is -2.26. The van der Waals surface area contributed by atoms with Gasteiger partial charge in [0.25, 0.3) is 0 Å². The summed E-state index contributed by atoms with van der Waals surface area (Å²) in [6.07, 6.45) is 0.998. The average Bonchev–Trinajstić information content (AvgIpc) is 3.03. The molecule has 1 heterocycles. The van der Waals surface area contributed by atoms with Gasteiger partial charge in [-0.25, -0.2) is 4.98 Å². The quantitative estimate of drug-likeness (QED) is 0.786. The number of nitrogens with zero attached hydrogens (tertiary/aromatic N) is 3. The van der Waals surface area contributed by atoms with Crippen LogP contribution in [0.2, 0.25) is 0 Å². The average molecular weight is 318 g/mol. The molecule has 3 rings (SSSR count). The zero-order valence-corrected chi connectivity index (χ0v) is 13.5. The number of hydrogen-bond acceptors (Lipinski definition) is 3. The van der Waals surface area contributed by atoms with Crippen molar-refractivity contribution in [2.75, 3.05) is 7.05 Å². The molecule has 0 radical (unpaired) electrons. The van der Waals surface area contributed by atoms with Crippen molar-refractivity contribution in [2.24, 2.45) is 0 Å². The van der Waals surface area contributed by atoms with Gasteiger partial charge in [-0.3, -0.25) is 4.79 Å². The summed E-state index contributed by atoms with van der Waals surface area (Å²) < 4.78 is 0. The first-order valence-corrected chi connectivity index (χ1v) is 7.82. The maximum absolute atomic E-state index is 12.3. The Bertz CT molecular complexity index is 857. The Morgan fingerprint density at radius 3 is 2.67 bits per heavy atom. The number of rotatable bonds is 5. The summed E-state index contributed by atoms with van der Waals surface area (Å²) in [5.41, 5.74) is 3.54. The molecule has 3 aromatic rings. The van der Waals surface area contributed by atoms with Gasteiger partial charge in [0, 0.05) is 26.4 Å². The van der Waals surface area contributed by atoms with Crippen LogP contribution in [0, 0.1) is 11.3 Å². The first-order chi connectivity index (χ1) is 11.7. The Balaban J connectivity index is 1.56. The normalized spacial score (nSPS) is 10.5. The Labute approximate surface area is 140 Å². The van der Waals surface area contributed by atoms with Gasteiger partial charge in [0.05, 0.1) is 22.7 Å². The second kappa shape index (κ2) is 6.97. The maximum Gasteiger partial charge on any atom is 0.223 e. The van der Waals surface area contributed by atoms with Gasteiger partial charge in [0.1, 0.15) is 5.82 Å². The van der Waals surface area contributed by atoms with E-state index in [4.69, 9.17) is 5.26 Å². The predicted molar refractivity (Wildman–Crippen MR) is 92.0 cm³/mol. The summed E-state index contributed by atoms with van der Waals surface area (Å²) in [6, 6.07) is 17.2. The summed E-state index contributed by atoms with van der Waals surface area (Å²) >= 11 is 0. The van der Waals surface area contributed by atoms with Crippen LogP contribution in [0.5, 0.6) is 0 Å². The second-order valence-electron chi connectivity index (χ2n) is 5.76. The number of para-hydroxylation sites is 2. The van der Waals surface area contributed by atoms with E-state index >= 15 is 0 Å². The molecule has 5 nitrogen and oxygen atoms in total. The van der Waals surface area contributed by atoms with Crippen LogP contribution in [-0.4, -0.2) is 27.8 Å². The van der Waals surface area contributed by atoms with Crippen LogP contribution in [0.3, 0.4) is 0 Å². The third kappa shape index (κ3) is 3.61. The summed E-state index contributed by atoms with van der Waals surface area (Å²) in [5.74, 6) is 0.899. The zero-order chi connectivity index (χ0) is 16.9. The minimum absolute atomic E-state index is 0.0693. The number of aryl methyl sites for hydroxylation is 1. The Hall–Kier alpha value is -3.13. The molecule has 5 heteroatoms. The molecular weight excluding hydrogens is 300 g/mol. The van der Waals surface area contributed by atoms with Crippen LogP contribution in [-0.2, 0) is 17.8 Å². The third-order valence-corrected chi connectivity index (χ3v) is 3.94. The molecule has 1 N–H and O–H groups in total. The van der Waals surface area contributed by atoms with Crippen LogP contribution in [0.1, 0.15) is 23.4 Å². The van der Waals surface area contributed by atoms with Gasteiger partial charge in [-0.05, 0) is 29.8 Å². The molecule has 0 aliphatic carbocycles. The summed E-state index contributed by atoms with van der Waals surface area (Å²) in [7, 11) is 1.79. The SMILES string of the molecule is CN(Cc1ccc(C#N)cc1)C(=O)CCc1nc2ccccc2[nH]1. The van der Waals surface area contributed by atoms with Crippen LogP contribution < -0.4 is 0 Å². The molecule has 1 aromatic heterocycles. The van der Waals surface area contributed by atoms with Crippen molar-refractivity contribution in [3.05, 3.63) is 65.5 Å². The molecule has 0 spiro atoms. The van der Waals surface area contributed by atoms with E-state index in [1.165, 1.54) is 0 Å². The fourth-order valence-corrected chi connectivity index (χ4v) is 2.59. The van der Waals surface area contributed by atoms with Gasteiger partial charge in [0.2, 0.25) is 5.91 Å². The van der Waals surface area contributed by atoms with E-state index < -0.39 is 0 Å². The fraction of sp³-hybridized carbons (Fsp3) is 0.211. The summed E-state index contributed by atoms with van der Waals surface area (Å²) in [6.45, 7) is 0.532. The molecule has 0 aliphatic rings. The Morgan fingerprint density at radius 1 is 1.21 bits per heavy atom. The Morgan fingerprint density at radius 2 is 1.96 bits per heavy atom. The van der Waals surface area contributed by atoms with Crippen LogP contribution in [0.15, 0.2) is 48.5 Å². The highest BCUT2D eigenvalue weighted by Gasteiger charge is 2.11. The maximum atomic E-state index is 12.3. The third-order valence-electron chi connectivity index (χ3n) is 3.94. The number of imidazole rings is 1. The lowest BCUT2D eigenvalue weighted by atomic mass is 10.1. The number of nitrogens with one attached hydrogen (secondary N) is 1. The van der Waals surface area contributed by atoms with E-state index in [1.807, 2.05) is 36.4 Å². The van der Waals surface area contributed by atoms with Crippen LogP contribution in [0.4, 0.5) is 0 Å². The first kappa shape index (κ1) is 15.8. The smallest absolute Gasteiger partial charge is 0.223 e. The van der Waals surface area contributed by atoms with Crippen molar-refractivity contribution in [2.45, 2.75) is 19.4 Å².